The van der Waals surface area contributed by atoms with Gasteiger partial charge in [-0.2, -0.15) is 0 Å². The lowest BCUT2D eigenvalue weighted by atomic mass is 9.99. The summed E-state index contributed by atoms with van der Waals surface area (Å²) in [5, 5.41) is 0. The minimum Gasteiger partial charge on any atom is -0.465 e. The van der Waals surface area contributed by atoms with Crippen LogP contribution in [0.5, 0.6) is 0 Å². The van der Waals surface area contributed by atoms with Gasteiger partial charge in [0.15, 0.2) is 0 Å². The van der Waals surface area contributed by atoms with E-state index in [1.807, 2.05) is 6.92 Å². The molecule has 25 heavy (non-hydrogen) atoms. The highest BCUT2D eigenvalue weighted by Gasteiger charge is 2.30. The standard InChI is InChI=1S/C22H25NO2/c1-2-25-22(24)21-9-5-6-12-23(21)15-16-10-11-20-18(13-16)14-17-7-3-4-8-19(17)20/h3-4,7-8,10-11,13,21H,2,5-6,9,12,14-15H2,1H3/t21-/m1/s1. The Balaban J connectivity index is 1.53. The zero-order chi connectivity index (χ0) is 17.2. The molecule has 0 N–H and O–H groups in total. The van der Waals surface area contributed by atoms with Crippen molar-refractivity contribution in [3.63, 3.8) is 0 Å². The third kappa shape index (κ3) is 3.21. The van der Waals surface area contributed by atoms with Crippen molar-refractivity contribution in [2.45, 2.75) is 45.2 Å². The van der Waals surface area contributed by atoms with E-state index >= 15 is 0 Å². The summed E-state index contributed by atoms with van der Waals surface area (Å²) in [4.78, 5) is 14.6. The van der Waals surface area contributed by atoms with Crippen LogP contribution in [-0.4, -0.2) is 30.1 Å². The summed E-state index contributed by atoms with van der Waals surface area (Å²) in [6, 6.07) is 15.4. The van der Waals surface area contributed by atoms with Crippen LogP contribution in [-0.2, 0) is 22.5 Å². The molecule has 3 heteroatoms. The predicted molar refractivity (Wildman–Crippen MR) is 99.4 cm³/mol. The summed E-state index contributed by atoms with van der Waals surface area (Å²) < 4.78 is 5.29. The minimum absolute atomic E-state index is 0.0595. The van der Waals surface area contributed by atoms with Crippen molar-refractivity contribution < 1.29 is 9.53 Å². The molecular weight excluding hydrogens is 310 g/mol. The van der Waals surface area contributed by atoms with E-state index in [4.69, 9.17) is 4.74 Å². The summed E-state index contributed by atoms with van der Waals surface area (Å²) in [7, 11) is 0. The van der Waals surface area contributed by atoms with Gasteiger partial charge in [-0.1, -0.05) is 48.9 Å². The van der Waals surface area contributed by atoms with E-state index in [1.165, 1.54) is 27.8 Å². The van der Waals surface area contributed by atoms with Gasteiger partial charge < -0.3 is 4.74 Å². The molecule has 0 radical (unpaired) electrons. The summed E-state index contributed by atoms with van der Waals surface area (Å²) in [6.07, 6.45) is 4.20. The number of esters is 1. The molecular formula is C22H25NO2. The molecule has 1 atom stereocenters. The van der Waals surface area contributed by atoms with Crippen LogP contribution in [0.3, 0.4) is 0 Å². The molecule has 130 valence electrons. The van der Waals surface area contributed by atoms with E-state index in [-0.39, 0.29) is 12.0 Å². The molecule has 0 spiro atoms. The second-order valence-electron chi connectivity index (χ2n) is 7.06. The third-order valence-corrected chi connectivity index (χ3v) is 5.42. The Morgan fingerprint density at radius 2 is 1.96 bits per heavy atom. The van der Waals surface area contributed by atoms with Crippen molar-refractivity contribution in [1.29, 1.82) is 0 Å². The lowest BCUT2D eigenvalue weighted by Gasteiger charge is -2.34. The number of rotatable bonds is 4. The van der Waals surface area contributed by atoms with Crippen LogP contribution >= 0.6 is 0 Å². The molecule has 2 aliphatic rings. The van der Waals surface area contributed by atoms with Crippen molar-refractivity contribution in [2.75, 3.05) is 13.2 Å². The Hall–Kier alpha value is -2.13. The second kappa shape index (κ2) is 7.01. The highest BCUT2D eigenvalue weighted by molar-refractivity contribution is 5.77. The average Bonchev–Trinajstić information content (AvgIpc) is 3.00. The molecule has 0 unspecified atom stereocenters. The zero-order valence-electron chi connectivity index (χ0n) is 14.8. The predicted octanol–water partition coefficient (Wildman–Crippen LogP) is 4.18. The van der Waals surface area contributed by atoms with Gasteiger partial charge in [-0.25, -0.2) is 0 Å². The van der Waals surface area contributed by atoms with Crippen molar-refractivity contribution in [1.82, 2.24) is 4.90 Å². The van der Waals surface area contributed by atoms with Crippen LogP contribution in [0.4, 0.5) is 0 Å². The maximum Gasteiger partial charge on any atom is 0.323 e. The first-order chi connectivity index (χ1) is 12.3. The summed E-state index contributed by atoms with van der Waals surface area (Å²) in [5.74, 6) is -0.0595. The number of hydrogen-bond donors (Lipinski definition) is 0. The smallest absolute Gasteiger partial charge is 0.323 e. The molecule has 1 saturated heterocycles. The van der Waals surface area contributed by atoms with Gasteiger partial charge >= 0.3 is 5.97 Å². The van der Waals surface area contributed by atoms with Gasteiger partial charge in [-0.05, 0) is 60.5 Å². The summed E-state index contributed by atoms with van der Waals surface area (Å²) in [6.45, 7) is 4.14. The largest absolute Gasteiger partial charge is 0.465 e. The first-order valence-corrected chi connectivity index (χ1v) is 9.37. The van der Waals surface area contributed by atoms with Crippen LogP contribution in [0.1, 0.15) is 42.9 Å². The molecule has 4 rings (SSSR count). The Morgan fingerprint density at radius 1 is 1.12 bits per heavy atom. The Bertz CT molecular complexity index is 783. The van der Waals surface area contributed by atoms with Crippen molar-refractivity contribution >= 4 is 5.97 Å². The highest BCUT2D eigenvalue weighted by atomic mass is 16.5. The fraction of sp³-hybridized carbons (Fsp3) is 0.409. The Labute approximate surface area is 149 Å². The number of ether oxygens (including phenoxy) is 1. The van der Waals surface area contributed by atoms with Gasteiger partial charge in [-0.15, -0.1) is 0 Å². The van der Waals surface area contributed by atoms with E-state index in [2.05, 4.69) is 47.4 Å². The molecule has 2 aromatic carbocycles. The van der Waals surface area contributed by atoms with Gasteiger partial charge in [0.05, 0.1) is 6.61 Å². The van der Waals surface area contributed by atoms with Crippen molar-refractivity contribution in [3.8, 4) is 11.1 Å². The van der Waals surface area contributed by atoms with E-state index in [9.17, 15) is 4.79 Å². The second-order valence-corrected chi connectivity index (χ2v) is 7.06. The van der Waals surface area contributed by atoms with E-state index in [1.54, 1.807) is 0 Å². The molecule has 3 nitrogen and oxygen atoms in total. The monoisotopic (exact) mass is 335 g/mol. The Morgan fingerprint density at radius 3 is 2.84 bits per heavy atom. The fourth-order valence-corrected chi connectivity index (χ4v) is 4.22. The number of hydrogen-bond acceptors (Lipinski definition) is 3. The molecule has 2 aromatic rings. The Kier molecular flexibility index (Phi) is 4.58. The fourth-order valence-electron chi connectivity index (χ4n) is 4.22. The van der Waals surface area contributed by atoms with Gasteiger partial charge in [0.2, 0.25) is 0 Å². The topological polar surface area (TPSA) is 29.5 Å². The van der Waals surface area contributed by atoms with Crippen LogP contribution in [0.2, 0.25) is 0 Å². The molecule has 1 aliphatic heterocycles. The number of carbonyl (C=O) groups excluding carboxylic acids is 1. The molecule has 0 saturated carbocycles. The minimum atomic E-state index is -0.0841. The van der Waals surface area contributed by atoms with Crippen LogP contribution < -0.4 is 0 Å². The molecule has 0 amide bonds. The first kappa shape index (κ1) is 16.3. The lowest BCUT2D eigenvalue weighted by molar-refractivity contribution is -0.151. The number of carbonyl (C=O) groups is 1. The van der Waals surface area contributed by atoms with E-state index in [0.29, 0.717) is 6.61 Å². The maximum absolute atomic E-state index is 12.3. The van der Waals surface area contributed by atoms with Crippen molar-refractivity contribution in [2.24, 2.45) is 0 Å². The molecule has 1 fully saturated rings. The molecule has 1 heterocycles. The highest BCUT2D eigenvalue weighted by Crippen LogP contribution is 2.37. The zero-order valence-corrected chi connectivity index (χ0v) is 14.8. The summed E-state index contributed by atoms with van der Waals surface area (Å²) >= 11 is 0. The quantitative estimate of drug-likeness (QED) is 0.670. The summed E-state index contributed by atoms with van der Waals surface area (Å²) in [5.41, 5.74) is 6.84. The van der Waals surface area contributed by atoms with Gasteiger partial charge in [0.25, 0.3) is 0 Å². The van der Waals surface area contributed by atoms with Crippen LogP contribution in [0.15, 0.2) is 42.5 Å². The third-order valence-electron chi connectivity index (χ3n) is 5.42. The van der Waals surface area contributed by atoms with Gasteiger partial charge in [0, 0.05) is 6.54 Å². The SMILES string of the molecule is CCOC(=O)[C@H]1CCCCN1Cc1ccc2c(c1)Cc1ccccc1-2. The number of fused-ring (bicyclic) bond motifs is 3. The lowest BCUT2D eigenvalue weighted by Crippen LogP contribution is -2.44. The average molecular weight is 335 g/mol. The van der Waals surface area contributed by atoms with Crippen molar-refractivity contribution in [3.05, 3.63) is 59.2 Å². The maximum atomic E-state index is 12.3. The normalized spacial score (nSPS) is 19.3. The molecule has 0 aromatic heterocycles. The van der Waals surface area contributed by atoms with Crippen LogP contribution in [0, 0.1) is 0 Å². The van der Waals surface area contributed by atoms with Crippen LogP contribution in [0.25, 0.3) is 11.1 Å². The number of likely N-dealkylation sites (tertiary alicyclic amines) is 1. The number of benzene rings is 2. The van der Waals surface area contributed by atoms with Gasteiger partial charge in [-0.3, -0.25) is 9.69 Å². The van der Waals surface area contributed by atoms with E-state index in [0.717, 1.165) is 38.8 Å². The first-order valence-electron chi connectivity index (χ1n) is 9.37. The molecule has 0 bridgehead atoms. The van der Waals surface area contributed by atoms with Gasteiger partial charge in [0.1, 0.15) is 6.04 Å². The molecule has 1 aliphatic carbocycles. The number of nitrogens with zero attached hydrogens (tertiary/aromatic N) is 1. The van der Waals surface area contributed by atoms with E-state index < -0.39 is 0 Å². The number of piperidine rings is 1.